The molecule has 0 radical (unpaired) electrons. The van der Waals surface area contributed by atoms with Crippen LogP contribution in [-0.4, -0.2) is 25.9 Å². The molecule has 0 saturated heterocycles. The summed E-state index contributed by atoms with van der Waals surface area (Å²) in [6.07, 6.45) is 0.672. The quantitative estimate of drug-likeness (QED) is 0.745. The van der Waals surface area contributed by atoms with Gasteiger partial charge in [-0.25, -0.2) is 0 Å². The fourth-order valence-corrected chi connectivity index (χ4v) is 2.58. The van der Waals surface area contributed by atoms with Crippen molar-refractivity contribution in [3.8, 4) is 11.6 Å². The van der Waals surface area contributed by atoms with E-state index in [4.69, 9.17) is 4.42 Å². The summed E-state index contributed by atoms with van der Waals surface area (Å²) >= 11 is 0. The Morgan fingerprint density at radius 2 is 2.08 bits per heavy atom. The molecule has 7 heteroatoms. The van der Waals surface area contributed by atoms with Gasteiger partial charge < -0.3 is 9.73 Å². The molecule has 1 aromatic carbocycles. The van der Waals surface area contributed by atoms with Crippen LogP contribution in [0.2, 0.25) is 0 Å². The maximum Gasteiger partial charge on any atom is 0.265 e. The van der Waals surface area contributed by atoms with Gasteiger partial charge in [0.05, 0.1) is 5.69 Å². The van der Waals surface area contributed by atoms with E-state index in [1.165, 1.54) is 0 Å². The molecular formula is C18H21N5O2. The van der Waals surface area contributed by atoms with E-state index in [1.54, 1.807) is 0 Å². The smallest absolute Gasteiger partial charge is 0.265 e. The Hall–Kier alpha value is -2.96. The van der Waals surface area contributed by atoms with Crippen LogP contribution in [0.5, 0.6) is 0 Å². The van der Waals surface area contributed by atoms with E-state index >= 15 is 0 Å². The van der Waals surface area contributed by atoms with Crippen LogP contribution >= 0.6 is 0 Å². The van der Waals surface area contributed by atoms with Gasteiger partial charge in [-0.2, -0.15) is 5.10 Å². The van der Waals surface area contributed by atoms with Gasteiger partial charge in [-0.3, -0.25) is 9.48 Å². The molecule has 3 aromatic rings. The van der Waals surface area contributed by atoms with Gasteiger partial charge in [-0.1, -0.05) is 12.1 Å². The van der Waals surface area contributed by atoms with E-state index < -0.39 is 0 Å². The SMILES string of the molecule is CCn1nc(C)cc1-c1nnc(CCC(=O)Nc2cccc(C)c2)o1. The van der Waals surface area contributed by atoms with E-state index in [2.05, 4.69) is 20.6 Å². The third-order valence-corrected chi connectivity index (χ3v) is 3.76. The predicted molar refractivity (Wildman–Crippen MR) is 94.1 cm³/mol. The maximum atomic E-state index is 12.1. The lowest BCUT2D eigenvalue weighted by atomic mass is 10.2. The summed E-state index contributed by atoms with van der Waals surface area (Å²) in [5, 5.41) is 15.3. The normalized spacial score (nSPS) is 10.8. The van der Waals surface area contributed by atoms with Crippen molar-refractivity contribution in [2.75, 3.05) is 5.32 Å². The van der Waals surface area contributed by atoms with Gasteiger partial charge in [-0.05, 0) is 44.5 Å². The van der Waals surface area contributed by atoms with E-state index in [9.17, 15) is 4.79 Å². The second kappa shape index (κ2) is 7.29. The minimum atomic E-state index is -0.0835. The summed E-state index contributed by atoms with van der Waals surface area (Å²) in [4.78, 5) is 12.1. The lowest BCUT2D eigenvalue weighted by Crippen LogP contribution is -2.12. The molecule has 25 heavy (non-hydrogen) atoms. The second-order valence-electron chi connectivity index (χ2n) is 5.91. The first-order chi connectivity index (χ1) is 12.0. The number of nitrogens with one attached hydrogen (secondary N) is 1. The molecule has 0 aliphatic heterocycles. The van der Waals surface area contributed by atoms with Crippen molar-refractivity contribution in [3.05, 3.63) is 47.5 Å². The highest BCUT2D eigenvalue weighted by Crippen LogP contribution is 2.19. The number of benzene rings is 1. The zero-order valence-electron chi connectivity index (χ0n) is 14.6. The second-order valence-corrected chi connectivity index (χ2v) is 5.91. The van der Waals surface area contributed by atoms with Crippen molar-refractivity contribution in [2.24, 2.45) is 0 Å². The monoisotopic (exact) mass is 339 g/mol. The number of carbonyl (C=O) groups excluding carboxylic acids is 1. The zero-order chi connectivity index (χ0) is 17.8. The minimum Gasteiger partial charge on any atom is -0.419 e. The average molecular weight is 339 g/mol. The standard InChI is InChI=1S/C18H21N5O2/c1-4-23-15(11-13(3)22-23)18-21-20-17(25-18)9-8-16(24)19-14-7-5-6-12(2)10-14/h5-7,10-11H,4,8-9H2,1-3H3,(H,19,24). The Morgan fingerprint density at radius 1 is 1.24 bits per heavy atom. The molecule has 130 valence electrons. The molecule has 3 rings (SSSR count). The Morgan fingerprint density at radius 3 is 2.84 bits per heavy atom. The highest BCUT2D eigenvalue weighted by Gasteiger charge is 2.15. The average Bonchev–Trinajstić information content (AvgIpc) is 3.19. The number of nitrogens with zero attached hydrogens (tertiary/aromatic N) is 4. The molecule has 0 saturated carbocycles. The van der Waals surface area contributed by atoms with E-state index in [0.717, 1.165) is 29.2 Å². The topological polar surface area (TPSA) is 85.8 Å². The molecule has 0 aliphatic carbocycles. The van der Waals surface area contributed by atoms with E-state index in [-0.39, 0.29) is 12.3 Å². The number of hydrogen-bond acceptors (Lipinski definition) is 5. The van der Waals surface area contributed by atoms with Gasteiger partial charge in [0.2, 0.25) is 11.8 Å². The third kappa shape index (κ3) is 4.12. The molecule has 2 heterocycles. The summed E-state index contributed by atoms with van der Waals surface area (Å²) < 4.78 is 7.50. The van der Waals surface area contributed by atoms with Crippen molar-refractivity contribution in [1.29, 1.82) is 0 Å². The van der Waals surface area contributed by atoms with Crippen LogP contribution in [0.15, 0.2) is 34.7 Å². The molecule has 2 aromatic heterocycles. The molecule has 0 spiro atoms. The first-order valence-corrected chi connectivity index (χ1v) is 8.29. The maximum absolute atomic E-state index is 12.1. The summed E-state index contributed by atoms with van der Waals surface area (Å²) in [5.74, 6) is 0.784. The predicted octanol–water partition coefficient (Wildman–Crippen LogP) is 3.14. The van der Waals surface area contributed by atoms with Crippen LogP contribution in [-0.2, 0) is 17.8 Å². The highest BCUT2D eigenvalue weighted by atomic mass is 16.4. The largest absolute Gasteiger partial charge is 0.419 e. The van der Waals surface area contributed by atoms with Crippen LogP contribution in [0.1, 0.15) is 30.5 Å². The van der Waals surface area contributed by atoms with Gasteiger partial charge in [0.15, 0.2) is 0 Å². The summed E-state index contributed by atoms with van der Waals surface area (Å²) in [5.41, 5.74) is 3.58. The Balaban J connectivity index is 1.61. The summed E-state index contributed by atoms with van der Waals surface area (Å²) in [7, 11) is 0. The number of hydrogen-bond donors (Lipinski definition) is 1. The van der Waals surface area contributed by atoms with Crippen LogP contribution < -0.4 is 5.32 Å². The van der Waals surface area contributed by atoms with Crippen LogP contribution in [0.4, 0.5) is 5.69 Å². The number of rotatable bonds is 6. The number of carbonyl (C=O) groups is 1. The molecule has 0 unspecified atom stereocenters. The molecule has 0 aliphatic rings. The molecule has 7 nitrogen and oxygen atoms in total. The Kier molecular flexibility index (Phi) is 4.92. The van der Waals surface area contributed by atoms with Crippen LogP contribution in [0, 0.1) is 13.8 Å². The van der Waals surface area contributed by atoms with E-state index in [1.807, 2.05) is 55.8 Å². The van der Waals surface area contributed by atoms with Crippen molar-refractivity contribution >= 4 is 11.6 Å². The molecule has 1 N–H and O–H groups in total. The van der Waals surface area contributed by atoms with Gasteiger partial charge in [-0.15, -0.1) is 10.2 Å². The zero-order valence-corrected chi connectivity index (χ0v) is 14.6. The number of aryl methyl sites for hydroxylation is 4. The lowest BCUT2D eigenvalue weighted by Gasteiger charge is -2.04. The minimum absolute atomic E-state index is 0.0835. The molecule has 0 atom stereocenters. The fraction of sp³-hybridized carbons (Fsp3) is 0.333. The third-order valence-electron chi connectivity index (χ3n) is 3.76. The van der Waals surface area contributed by atoms with Gasteiger partial charge >= 0.3 is 0 Å². The molecule has 1 amide bonds. The highest BCUT2D eigenvalue weighted by molar-refractivity contribution is 5.90. The van der Waals surface area contributed by atoms with Crippen LogP contribution in [0.3, 0.4) is 0 Å². The summed E-state index contributed by atoms with van der Waals surface area (Å²) in [6, 6.07) is 9.60. The lowest BCUT2D eigenvalue weighted by molar-refractivity contribution is -0.116. The molecular weight excluding hydrogens is 318 g/mol. The Labute approximate surface area is 146 Å². The summed E-state index contributed by atoms with van der Waals surface area (Å²) in [6.45, 7) is 6.63. The molecule has 0 fully saturated rings. The van der Waals surface area contributed by atoms with Crippen LogP contribution in [0.25, 0.3) is 11.6 Å². The number of aromatic nitrogens is 4. The molecule has 0 bridgehead atoms. The van der Waals surface area contributed by atoms with Gasteiger partial charge in [0.1, 0.15) is 5.69 Å². The fourth-order valence-electron chi connectivity index (χ4n) is 2.58. The van der Waals surface area contributed by atoms with Crippen molar-refractivity contribution in [1.82, 2.24) is 20.0 Å². The number of amides is 1. The van der Waals surface area contributed by atoms with Crippen molar-refractivity contribution < 1.29 is 9.21 Å². The first kappa shape index (κ1) is 16.9. The number of anilines is 1. The van der Waals surface area contributed by atoms with Gasteiger partial charge in [0, 0.05) is 25.1 Å². The van der Waals surface area contributed by atoms with E-state index in [0.29, 0.717) is 18.2 Å². The Bertz CT molecular complexity index is 881. The van der Waals surface area contributed by atoms with Gasteiger partial charge in [0.25, 0.3) is 5.89 Å². The van der Waals surface area contributed by atoms with Crippen molar-refractivity contribution in [3.63, 3.8) is 0 Å². The van der Waals surface area contributed by atoms with Crippen molar-refractivity contribution in [2.45, 2.75) is 40.2 Å². The first-order valence-electron chi connectivity index (χ1n) is 8.29.